The highest BCUT2D eigenvalue weighted by atomic mass is 16.6. The van der Waals surface area contributed by atoms with E-state index < -0.39 is 43.2 Å². The van der Waals surface area contributed by atoms with E-state index in [1.165, 1.54) is 0 Å². The number of nitrogens with zero attached hydrogens (tertiary/aromatic N) is 1. The van der Waals surface area contributed by atoms with Crippen molar-refractivity contribution in [1.29, 1.82) is 0 Å². The number of hydrogen-bond acceptors (Lipinski definition) is 7. The fourth-order valence-electron chi connectivity index (χ4n) is 2.67. The standard InChI is InChI=1S/C13H29N2O6/c1-15(2,5-3-4-14)6-8(17)13-12(20)11(19)10(18)9(7-16)21-13/h8-13,16-20H,3-7,14H2,1-2H3/q+1/t8?,9-,10-,11+,12-,13?/m1/s1. The summed E-state index contributed by atoms with van der Waals surface area (Å²) in [5.41, 5.74) is 5.48. The van der Waals surface area contributed by atoms with Crippen LogP contribution in [0.25, 0.3) is 0 Å². The molecule has 1 saturated heterocycles. The van der Waals surface area contributed by atoms with Gasteiger partial charge in [0, 0.05) is 6.42 Å². The zero-order chi connectivity index (χ0) is 16.2. The first-order chi connectivity index (χ1) is 9.73. The molecule has 0 radical (unpaired) electrons. The molecule has 1 fully saturated rings. The summed E-state index contributed by atoms with van der Waals surface area (Å²) < 4.78 is 5.83. The third-order valence-electron chi connectivity index (χ3n) is 3.96. The third kappa shape index (κ3) is 4.83. The van der Waals surface area contributed by atoms with E-state index in [-0.39, 0.29) is 0 Å². The maximum absolute atomic E-state index is 10.3. The molecule has 1 heterocycles. The fourth-order valence-corrected chi connectivity index (χ4v) is 2.67. The highest BCUT2D eigenvalue weighted by Crippen LogP contribution is 2.24. The van der Waals surface area contributed by atoms with Gasteiger partial charge in [-0.05, 0) is 6.54 Å². The van der Waals surface area contributed by atoms with Crippen LogP contribution in [-0.4, -0.2) is 107 Å². The second-order valence-electron chi connectivity index (χ2n) is 6.34. The van der Waals surface area contributed by atoms with Crippen molar-refractivity contribution >= 4 is 0 Å². The highest BCUT2D eigenvalue weighted by molar-refractivity contribution is 4.94. The zero-order valence-corrected chi connectivity index (χ0v) is 12.7. The van der Waals surface area contributed by atoms with Gasteiger partial charge in [-0.1, -0.05) is 0 Å². The summed E-state index contributed by atoms with van der Waals surface area (Å²) >= 11 is 0. The summed E-state index contributed by atoms with van der Waals surface area (Å²) in [6, 6.07) is 0. The SMILES string of the molecule is C[N+](C)(CCCN)CC(O)C1O[C@H](CO)[C@@H](O)[C@H](O)[C@H]1O. The Balaban J connectivity index is 2.69. The van der Waals surface area contributed by atoms with Crippen molar-refractivity contribution < 1.29 is 34.8 Å². The molecule has 6 atom stereocenters. The van der Waals surface area contributed by atoms with Crippen molar-refractivity contribution in [1.82, 2.24) is 0 Å². The van der Waals surface area contributed by atoms with Gasteiger partial charge in [-0.25, -0.2) is 0 Å². The van der Waals surface area contributed by atoms with Crippen LogP contribution in [0, 0.1) is 0 Å². The summed E-state index contributed by atoms with van der Waals surface area (Å²) in [6.45, 7) is 1.10. The van der Waals surface area contributed by atoms with Gasteiger partial charge in [0.2, 0.25) is 0 Å². The lowest BCUT2D eigenvalue weighted by Crippen LogP contribution is -2.63. The normalized spacial score (nSPS) is 35.7. The van der Waals surface area contributed by atoms with Gasteiger partial charge in [0.15, 0.2) is 0 Å². The number of nitrogens with two attached hydrogens (primary N) is 1. The Morgan fingerprint density at radius 3 is 2.29 bits per heavy atom. The largest absolute Gasteiger partial charge is 0.394 e. The van der Waals surface area contributed by atoms with E-state index in [1.807, 2.05) is 14.1 Å². The van der Waals surface area contributed by atoms with Gasteiger partial charge >= 0.3 is 0 Å². The topological polar surface area (TPSA) is 136 Å². The first-order valence-corrected chi connectivity index (χ1v) is 7.24. The first-order valence-electron chi connectivity index (χ1n) is 7.24. The predicted molar refractivity (Wildman–Crippen MR) is 75.3 cm³/mol. The second kappa shape index (κ2) is 7.80. The van der Waals surface area contributed by atoms with Crippen molar-refractivity contribution in [2.75, 3.05) is 40.3 Å². The van der Waals surface area contributed by atoms with Gasteiger partial charge < -0.3 is 40.5 Å². The molecule has 126 valence electrons. The number of quaternary nitrogens is 1. The molecule has 1 aliphatic rings. The molecule has 0 aromatic heterocycles. The molecule has 0 amide bonds. The Hall–Kier alpha value is -0.320. The second-order valence-corrected chi connectivity index (χ2v) is 6.34. The average Bonchev–Trinajstić information content (AvgIpc) is 2.42. The Morgan fingerprint density at radius 1 is 1.14 bits per heavy atom. The van der Waals surface area contributed by atoms with Crippen LogP contribution in [0.5, 0.6) is 0 Å². The molecule has 0 aromatic carbocycles. The molecule has 7 N–H and O–H groups in total. The molecule has 0 aliphatic carbocycles. The maximum Gasteiger partial charge on any atom is 0.132 e. The van der Waals surface area contributed by atoms with Gasteiger partial charge in [0.1, 0.15) is 43.2 Å². The molecule has 0 spiro atoms. The maximum atomic E-state index is 10.3. The van der Waals surface area contributed by atoms with Crippen molar-refractivity contribution in [3.05, 3.63) is 0 Å². The molecule has 21 heavy (non-hydrogen) atoms. The molecule has 0 aromatic rings. The lowest BCUT2D eigenvalue weighted by atomic mass is 9.92. The lowest BCUT2D eigenvalue weighted by Gasteiger charge is -2.43. The van der Waals surface area contributed by atoms with Crippen molar-refractivity contribution in [3.63, 3.8) is 0 Å². The number of aliphatic hydroxyl groups excluding tert-OH is 5. The molecule has 1 rings (SSSR count). The Labute approximate surface area is 125 Å². The number of aliphatic hydroxyl groups is 5. The van der Waals surface area contributed by atoms with Gasteiger partial charge in [-0.15, -0.1) is 0 Å². The molecule has 8 nitrogen and oxygen atoms in total. The monoisotopic (exact) mass is 309 g/mol. The summed E-state index contributed by atoms with van der Waals surface area (Å²) in [7, 11) is 3.84. The predicted octanol–water partition coefficient (Wildman–Crippen LogP) is -3.39. The van der Waals surface area contributed by atoms with E-state index in [9.17, 15) is 20.4 Å². The fraction of sp³-hybridized carbons (Fsp3) is 1.00. The quantitative estimate of drug-likeness (QED) is 0.270. The minimum Gasteiger partial charge on any atom is -0.394 e. The molecule has 1 aliphatic heterocycles. The minimum atomic E-state index is -1.46. The van der Waals surface area contributed by atoms with Crippen molar-refractivity contribution in [2.24, 2.45) is 5.73 Å². The van der Waals surface area contributed by atoms with Gasteiger partial charge in [0.05, 0.1) is 27.2 Å². The van der Waals surface area contributed by atoms with Crippen LogP contribution in [0.1, 0.15) is 6.42 Å². The van der Waals surface area contributed by atoms with Crippen LogP contribution in [0.3, 0.4) is 0 Å². The van der Waals surface area contributed by atoms with E-state index >= 15 is 0 Å². The summed E-state index contributed by atoms with van der Waals surface area (Å²) in [4.78, 5) is 0. The molecular weight excluding hydrogens is 280 g/mol. The van der Waals surface area contributed by atoms with Gasteiger partial charge in [-0.2, -0.15) is 0 Å². The summed E-state index contributed by atoms with van der Waals surface area (Å²) in [5.74, 6) is 0. The molecule has 0 saturated carbocycles. The van der Waals surface area contributed by atoms with Crippen LogP contribution >= 0.6 is 0 Å². The summed E-state index contributed by atoms with van der Waals surface area (Å²) in [6.07, 6.45) is -6.58. The zero-order valence-electron chi connectivity index (χ0n) is 12.7. The first kappa shape index (κ1) is 18.7. The molecule has 8 heteroatoms. The minimum absolute atomic E-state index is 0.294. The molecule has 0 bridgehead atoms. The Bertz CT molecular complexity index is 315. The van der Waals surface area contributed by atoms with Gasteiger partial charge in [0.25, 0.3) is 0 Å². The smallest absolute Gasteiger partial charge is 0.132 e. The van der Waals surface area contributed by atoms with Crippen LogP contribution < -0.4 is 5.73 Å². The Morgan fingerprint density at radius 2 is 1.76 bits per heavy atom. The number of rotatable bonds is 7. The highest BCUT2D eigenvalue weighted by Gasteiger charge is 2.47. The molecular formula is C13H29N2O6+. The van der Waals surface area contributed by atoms with Crippen LogP contribution in [0.4, 0.5) is 0 Å². The van der Waals surface area contributed by atoms with E-state index in [4.69, 9.17) is 15.6 Å². The Kier molecular flexibility index (Phi) is 6.95. The van der Waals surface area contributed by atoms with Crippen LogP contribution in [-0.2, 0) is 4.74 Å². The van der Waals surface area contributed by atoms with E-state index in [0.717, 1.165) is 13.0 Å². The average molecular weight is 309 g/mol. The van der Waals surface area contributed by atoms with E-state index in [0.29, 0.717) is 17.6 Å². The van der Waals surface area contributed by atoms with E-state index in [1.54, 1.807) is 0 Å². The number of hydrogen-bond donors (Lipinski definition) is 6. The number of ether oxygens (including phenoxy) is 1. The lowest BCUT2D eigenvalue weighted by molar-refractivity contribution is -0.894. The van der Waals surface area contributed by atoms with Crippen LogP contribution in [0.2, 0.25) is 0 Å². The van der Waals surface area contributed by atoms with Crippen LogP contribution in [0.15, 0.2) is 0 Å². The third-order valence-corrected chi connectivity index (χ3v) is 3.96. The van der Waals surface area contributed by atoms with Crippen molar-refractivity contribution in [2.45, 2.75) is 43.0 Å². The molecule has 2 unspecified atom stereocenters. The van der Waals surface area contributed by atoms with E-state index in [2.05, 4.69) is 0 Å². The summed E-state index contributed by atoms with van der Waals surface area (Å²) in [5, 5.41) is 48.8. The van der Waals surface area contributed by atoms with Gasteiger partial charge in [-0.3, -0.25) is 0 Å². The number of likely N-dealkylation sites (N-methyl/N-ethyl adjacent to an activating group) is 1. The van der Waals surface area contributed by atoms with Crippen molar-refractivity contribution in [3.8, 4) is 0 Å².